The fraction of sp³-hybridized carbons (Fsp3) is 0.333. The van der Waals surface area contributed by atoms with Gasteiger partial charge in [-0.25, -0.2) is 4.37 Å². The van der Waals surface area contributed by atoms with E-state index in [-0.39, 0.29) is 0 Å². The molecule has 0 saturated carbocycles. The zero-order valence-electron chi connectivity index (χ0n) is 7.55. The first-order valence-electron chi connectivity index (χ1n) is 4.42. The van der Waals surface area contributed by atoms with Gasteiger partial charge in [0, 0.05) is 22.8 Å². The largest absolute Gasteiger partial charge is 0.388 e. The lowest BCUT2D eigenvalue weighted by Crippen LogP contribution is -1.97. The Morgan fingerprint density at radius 2 is 2.50 bits per heavy atom. The highest BCUT2D eigenvalue weighted by Gasteiger charge is 2.08. The van der Waals surface area contributed by atoms with Crippen molar-refractivity contribution in [2.75, 3.05) is 0 Å². The average Bonchev–Trinajstić information content (AvgIpc) is 2.87. The summed E-state index contributed by atoms with van der Waals surface area (Å²) in [6.07, 6.45) is 6.29. The van der Waals surface area contributed by atoms with Crippen molar-refractivity contribution in [3.63, 3.8) is 0 Å². The summed E-state index contributed by atoms with van der Waals surface area (Å²) in [6, 6.07) is 1.98. The van der Waals surface area contributed by atoms with Gasteiger partial charge in [0.15, 0.2) is 0 Å². The first kappa shape index (κ1) is 9.36. The summed E-state index contributed by atoms with van der Waals surface area (Å²) in [7, 11) is 0. The van der Waals surface area contributed by atoms with E-state index in [1.54, 1.807) is 18.6 Å². The van der Waals surface area contributed by atoms with Gasteiger partial charge in [0.05, 0.1) is 12.3 Å². The Balaban J connectivity index is 1.87. The summed E-state index contributed by atoms with van der Waals surface area (Å²) < 4.78 is 4.00. The van der Waals surface area contributed by atoms with E-state index in [0.29, 0.717) is 6.42 Å². The van der Waals surface area contributed by atoms with Crippen molar-refractivity contribution in [3.8, 4) is 0 Å². The smallest absolute Gasteiger partial charge is 0.0823 e. The van der Waals surface area contributed by atoms with Gasteiger partial charge in [0.25, 0.3) is 0 Å². The minimum atomic E-state index is -0.434. The Bertz CT molecular complexity index is 357. The van der Waals surface area contributed by atoms with Gasteiger partial charge in [-0.3, -0.25) is 5.10 Å². The molecule has 0 radical (unpaired) electrons. The molecule has 2 aromatic rings. The molecule has 4 nitrogen and oxygen atoms in total. The molecule has 0 fully saturated rings. The fourth-order valence-corrected chi connectivity index (χ4v) is 1.85. The van der Waals surface area contributed by atoms with Crippen LogP contribution in [0.3, 0.4) is 0 Å². The van der Waals surface area contributed by atoms with E-state index >= 15 is 0 Å². The standard InChI is InChI=1S/C9H11N3OS/c13-9(7-5-10-11-6-7)2-1-8-3-4-12-14-8/h3-6,9,13H,1-2H2,(H,10,11). The van der Waals surface area contributed by atoms with Gasteiger partial charge in [0.1, 0.15) is 0 Å². The number of nitrogens with one attached hydrogen (secondary N) is 1. The van der Waals surface area contributed by atoms with Crippen molar-refractivity contribution < 1.29 is 5.11 Å². The molecule has 0 aliphatic rings. The lowest BCUT2D eigenvalue weighted by Gasteiger charge is -2.05. The second-order valence-electron chi connectivity index (χ2n) is 3.06. The fourth-order valence-electron chi connectivity index (χ4n) is 1.26. The molecule has 2 heterocycles. The molecule has 1 atom stereocenters. The van der Waals surface area contributed by atoms with Gasteiger partial charge in [-0.15, -0.1) is 0 Å². The highest BCUT2D eigenvalue weighted by molar-refractivity contribution is 7.05. The molecule has 74 valence electrons. The summed E-state index contributed by atoms with van der Waals surface area (Å²) in [4.78, 5) is 1.20. The average molecular weight is 209 g/mol. The predicted molar refractivity (Wildman–Crippen MR) is 54.0 cm³/mol. The van der Waals surface area contributed by atoms with Gasteiger partial charge < -0.3 is 5.11 Å². The lowest BCUT2D eigenvalue weighted by atomic mass is 10.1. The van der Waals surface area contributed by atoms with Crippen LogP contribution >= 0.6 is 11.5 Å². The van der Waals surface area contributed by atoms with Crippen molar-refractivity contribution in [3.05, 3.63) is 35.1 Å². The van der Waals surface area contributed by atoms with Gasteiger partial charge in [-0.05, 0) is 30.4 Å². The van der Waals surface area contributed by atoms with Crippen LogP contribution in [0.1, 0.15) is 23.0 Å². The normalized spacial score (nSPS) is 12.9. The van der Waals surface area contributed by atoms with Crippen molar-refractivity contribution in [2.45, 2.75) is 18.9 Å². The summed E-state index contributed by atoms with van der Waals surface area (Å²) >= 11 is 1.48. The Labute approximate surface area is 85.8 Å². The van der Waals surface area contributed by atoms with Crippen LogP contribution in [-0.2, 0) is 6.42 Å². The van der Waals surface area contributed by atoms with Gasteiger partial charge in [-0.2, -0.15) is 5.10 Å². The first-order valence-corrected chi connectivity index (χ1v) is 5.20. The van der Waals surface area contributed by atoms with Crippen LogP contribution in [0.25, 0.3) is 0 Å². The third-order valence-corrected chi connectivity index (χ3v) is 2.86. The van der Waals surface area contributed by atoms with Gasteiger partial charge >= 0.3 is 0 Å². The highest BCUT2D eigenvalue weighted by Crippen LogP contribution is 2.18. The number of H-pyrrole nitrogens is 1. The second-order valence-corrected chi connectivity index (χ2v) is 3.98. The SMILES string of the molecule is OC(CCc1ccns1)c1cn[nH]c1. The van der Waals surface area contributed by atoms with Crippen molar-refractivity contribution in [1.29, 1.82) is 0 Å². The second kappa shape index (κ2) is 4.34. The van der Waals surface area contributed by atoms with Crippen LogP contribution in [0.5, 0.6) is 0 Å². The predicted octanol–water partition coefficient (Wildman–Crippen LogP) is 1.53. The Hall–Kier alpha value is -1.20. The Kier molecular flexibility index (Phi) is 2.90. The number of aromatic nitrogens is 3. The van der Waals surface area contributed by atoms with Crippen LogP contribution in [0.4, 0.5) is 0 Å². The van der Waals surface area contributed by atoms with E-state index in [2.05, 4.69) is 14.6 Å². The monoisotopic (exact) mass is 209 g/mol. The maximum atomic E-state index is 9.73. The molecule has 2 rings (SSSR count). The molecule has 0 aliphatic carbocycles. The highest BCUT2D eigenvalue weighted by atomic mass is 32.1. The van der Waals surface area contributed by atoms with E-state index in [1.165, 1.54) is 16.4 Å². The van der Waals surface area contributed by atoms with Crippen LogP contribution in [0.2, 0.25) is 0 Å². The molecule has 0 amide bonds. The molecule has 0 saturated heterocycles. The van der Waals surface area contributed by atoms with Crippen LogP contribution < -0.4 is 0 Å². The molecule has 0 aliphatic heterocycles. The molecule has 2 aromatic heterocycles. The zero-order valence-corrected chi connectivity index (χ0v) is 8.37. The van der Waals surface area contributed by atoms with E-state index in [4.69, 9.17) is 0 Å². The third-order valence-electron chi connectivity index (χ3n) is 2.06. The zero-order chi connectivity index (χ0) is 9.80. The van der Waals surface area contributed by atoms with Crippen LogP contribution in [-0.4, -0.2) is 19.7 Å². The third kappa shape index (κ3) is 2.18. The number of aliphatic hydroxyl groups is 1. The van der Waals surface area contributed by atoms with Crippen molar-refractivity contribution >= 4 is 11.5 Å². The maximum absolute atomic E-state index is 9.73. The molecular weight excluding hydrogens is 198 g/mol. The lowest BCUT2D eigenvalue weighted by molar-refractivity contribution is 0.168. The molecule has 14 heavy (non-hydrogen) atoms. The Morgan fingerprint density at radius 1 is 1.57 bits per heavy atom. The van der Waals surface area contributed by atoms with Gasteiger partial charge in [-0.1, -0.05) is 0 Å². The van der Waals surface area contributed by atoms with Crippen molar-refractivity contribution in [1.82, 2.24) is 14.6 Å². The van der Waals surface area contributed by atoms with E-state index < -0.39 is 6.10 Å². The molecule has 0 spiro atoms. The number of nitrogens with zero attached hydrogens (tertiary/aromatic N) is 2. The quantitative estimate of drug-likeness (QED) is 0.802. The van der Waals surface area contributed by atoms with E-state index in [0.717, 1.165) is 12.0 Å². The van der Waals surface area contributed by atoms with Gasteiger partial charge in [0.2, 0.25) is 0 Å². The summed E-state index contributed by atoms with van der Waals surface area (Å²) in [5.74, 6) is 0. The number of aryl methyl sites for hydroxylation is 1. The number of aromatic amines is 1. The minimum Gasteiger partial charge on any atom is -0.388 e. The summed E-state index contributed by atoms with van der Waals surface area (Å²) in [5.41, 5.74) is 0.842. The molecule has 0 bridgehead atoms. The summed E-state index contributed by atoms with van der Waals surface area (Å²) in [6.45, 7) is 0. The molecular formula is C9H11N3OS. The number of hydrogen-bond acceptors (Lipinski definition) is 4. The topological polar surface area (TPSA) is 61.8 Å². The first-order chi connectivity index (χ1) is 6.86. The number of aliphatic hydroxyl groups excluding tert-OH is 1. The molecule has 5 heteroatoms. The Morgan fingerprint density at radius 3 is 3.14 bits per heavy atom. The molecule has 0 aromatic carbocycles. The van der Waals surface area contributed by atoms with Crippen LogP contribution in [0.15, 0.2) is 24.7 Å². The van der Waals surface area contributed by atoms with Crippen LogP contribution in [0, 0.1) is 0 Å². The van der Waals surface area contributed by atoms with E-state index in [9.17, 15) is 5.11 Å². The maximum Gasteiger partial charge on any atom is 0.0823 e. The molecule has 2 N–H and O–H groups in total. The van der Waals surface area contributed by atoms with Crippen molar-refractivity contribution in [2.24, 2.45) is 0 Å². The number of rotatable bonds is 4. The van der Waals surface area contributed by atoms with E-state index in [1.807, 2.05) is 6.07 Å². The molecule has 1 unspecified atom stereocenters. The minimum absolute atomic E-state index is 0.434. The number of hydrogen-bond donors (Lipinski definition) is 2. The summed E-state index contributed by atoms with van der Waals surface area (Å²) in [5, 5.41) is 16.2.